The van der Waals surface area contributed by atoms with Gasteiger partial charge >= 0.3 is 14.8 Å². The minimum absolute atomic E-state index is 0.262. The van der Waals surface area contributed by atoms with E-state index >= 15 is 0 Å². The molecular formula is C10H23NO5Si. The first-order valence-electron chi connectivity index (χ1n) is 5.61. The van der Waals surface area contributed by atoms with E-state index in [9.17, 15) is 4.79 Å². The molecule has 0 aliphatic carbocycles. The van der Waals surface area contributed by atoms with Gasteiger partial charge in [0, 0.05) is 27.2 Å². The molecule has 0 saturated carbocycles. The largest absolute Gasteiger partial charge is 0.500 e. The maximum absolute atomic E-state index is 10.7. The third-order valence-corrected chi connectivity index (χ3v) is 5.03. The van der Waals surface area contributed by atoms with Crippen LogP contribution >= 0.6 is 0 Å². The highest BCUT2D eigenvalue weighted by atomic mass is 28.4. The van der Waals surface area contributed by atoms with E-state index in [-0.39, 0.29) is 18.7 Å². The minimum Gasteiger partial charge on any atom is -0.460 e. The summed E-state index contributed by atoms with van der Waals surface area (Å²) < 4.78 is 21.3. The highest BCUT2D eigenvalue weighted by Crippen LogP contribution is 2.16. The Balaban J connectivity index is 4.19. The number of rotatable bonds is 9. The summed E-state index contributed by atoms with van der Waals surface area (Å²) in [5.74, 6) is -0.329. The number of carbonyl (C=O) groups excluding carboxylic acids is 1. The predicted octanol–water partition coefficient (Wildman–Crippen LogP) is 0.535. The maximum atomic E-state index is 10.7. The molecule has 17 heavy (non-hydrogen) atoms. The van der Waals surface area contributed by atoms with Crippen LogP contribution in [0.25, 0.3) is 0 Å². The molecule has 0 aromatic heterocycles. The summed E-state index contributed by atoms with van der Waals surface area (Å²) in [6, 6.07) is 0.656. The van der Waals surface area contributed by atoms with E-state index in [1.165, 1.54) is 6.92 Å². The van der Waals surface area contributed by atoms with Gasteiger partial charge in [-0.2, -0.15) is 0 Å². The minimum atomic E-state index is -2.65. The number of ether oxygens (including phenoxy) is 1. The molecule has 1 atom stereocenters. The first-order chi connectivity index (χ1) is 7.99. The van der Waals surface area contributed by atoms with E-state index in [0.717, 1.165) is 6.42 Å². The molecule has 0 spiro atoms. The van der Waals surface area contributed by atoms with Gasteiger partial charge in [0.1, 0.15) is 6.10 Å². The van der Waals surface area contributed by atoms with Gasteiger partial charge in [-0.25, -0.2) is 0 Å². The third kappa shape index (κ3) is 6.74. The van der Waals surface area contributed by atoms with Gasteiger partial charge in [-0.05, 0) is 19.9 Å². The quantitative estimate of drug-likeness (QED) is 0.484. The van der Waals surface area contributed by atoms with Crippen LogP contribution in [0.5, 0.6) is 0 Å². The Labute approximate surface area is 104 Å². The van der Waals surface area contributed by atoms with Crippen molar-refractivity contribution < 1.29 is 22.8 Å². The number of hydrogen-bond acceptors (Lipinski definition) is 6. The lowest BCUT2D eigenvalue weighted by atomic mass is 10.4. The van der Waals surface area contributed by atoms with Gasteiger partial charge in [0.15, 0.2) is 0 Å². The van der Waals surface area contributed by atoms with Gasteiger partial charge in [-0.15, -0.1) is 0 Å². The average Bonchev–Trinajstić information content (AvgIpc) is 2.29. The fourth-order valence-corrected chi connectivity index (χ4v) is 3.44. The summed E-state index contributed by atoms with van der Waals surface area (Å²) in [5, 5.41) is 0. The van der Waals surface area contributed by atoms with E-state index in [1.54, 1.807) is 21.1 Å². The number of esters is 1. The molecular weight excluding hydrogens is 242 g/mol. The average molecular weight is 265 g/mol. The van der Waals surface area contributed by atoms with Crippen molar-refractivity contribution in [3.63, 3.8) is 0 Å². The molecule has 7 heteroatoms. The molecule has 0 rings (SSSR count). The normalized spacial score (nSPS) is 13.5. The van der Waals surface area contributed by atoms with Crippen LogP contribution < -0.4 is 5.73 Å². The van der Waals surface area contributed by atoms with Gasteiger partial charge < -0.3 is 23.7 Å². The van der Waals surface area contributed by atoms with E-state index in [1.807, 2.05) is 0 Å². The smallest absolute Gasteiger partial charge is 0.460 e. The van der Waals surface area contributed by atoms with Gasteiger partial charge in [0.2, 0.25) is 0 Å². The number of carbonyl (C=O) groups is 1. The van der Waals surface area contributed by atoms with Crippen LogP contribution in [0, 0.1) is 0 Å². The summed E-state index contributed by atoms with van der Waals surface area (Å²) >= 11 is 0. The molecule has 0 amide bonds. The van der Waals surface area contributed by atoms with Crippen LogP contribution in [0.2, 0.25) is 6.04 Å². The molecule has 0 aromatic carbocycles. The molecule has 0 aliphatic rings. The molecule has 0 saturated heterocycles. The Morgan fingerprint density at radius 2 is 1.94 bits per heavy atom. The molecule has 0 bridgehead atoms. The molecule has 0 aromatic rings. The van der Waals surface area contributed by atoms with E-state index < -0.39 is 8.80 Å². The van der Waals surface area contributed by atoms with E-state index in [2.05, 4.69) is 0 Å². The van der Waals surface area contributed by atoms with Crippen LogP contribution in [0.3, 0.4) is 0 Å². The highest BCUT2D eigenvalue weighted by molar-refractivity contribution is 6.60. The van der Waals surface area contributed by atoms with Crippen molar-refractivity contribution in [1.82, 2.24) is 0 Å². The van der Waals surface area contributed by atoms with E-state index in [4.69, 9.17) is 23.7 Å². The summed E-state index contributed by atoms with van der Waals surface area (Å²) in [6.07, 6.45) is 0.457. The first kappa shape index (κ1) is 16.5. The Kier molecular flexibility index (Phi) is 8.35. The Hall–Kier alpha value is -0.473. The third-order valence-electron chi connectivity index (χ3n) is 2.21. The number of hydrogen-bond donors (Lipinski definition) is 1. The van der Waals surface area contributed by atoms with Crippen LogP contribution in [0.4, 0.5) is 0 Å². The van der Waals surface area contributed by atoms with Gasteiger partial charge in [-0.1, -0.05) is 0 Å². The Morgan fingerprint density at radius 3 is 2.35 bits per heavy atom. The summed E-state index contributed by atoms with van der Waals surface area (Å²) in [6.45, 7) is 3.94. The second kappa shape index (κ2) is 8.59. The highest BCUT2D eigenvalue weighted by Gasteiger charge is 2.38. The van der Waals surface area contributed by atoms with Crippen molar-refractivity contribution >= 4 is 14.8 Å². The van der Waals surface area contributed by atoms with Crippen molar-refractivity contribution in [3.8, 4) is 0 Å². The predicted molar refractivity (Wildman–Crippen MR) is 65.4 cm³/mol. The molecule has 102 valence electrons. The van der Waals surface area contributed by atoms with Gasteiger partial charge in [0.05, 0.1) is 6.61 Å². The van der Waals surface area contributed by atoms with E-state index in [0.29, 0.717) is 12.6 Å². The van der Waals surface area contributed by atoms with Crippen LogP contribution in [0.15, 0.2) is 0 Å². The zero-order valence-electron chi connectivity index (χ0n) is 11.0. The lowest BCUT2D eigenvalue weighted by molar-refractivity contribution is -0.147. The molecule has 6 nitrogen and oxygen atoms in total. The van der Waals surface area contributed by atoms with Crippen LogP contribution in [-0.4, -0.2) is 48.2 Å². The van der Waals surface area contributed by atoms with Crippen molar-refractivity contribution in [2.24, 2.45) is 5.73 Å². The summed E-state index contributed by atoms with van der Waals surface area (Å²) in [4.78, 5) is 10.7. The molecule has 1 unspecified atom stereocenters. The Bertz CT molecular complexity index is 223. The summed E-state index contributed by atoms with van der Waals surface area (Å²) in [7, 11) is 0.467. The van der Waals surface area contributed by atoms with Crippen molar-refractivity contribution in [1.29, 1.82) is 0 Å². The lowest BCUT2D eigenvalue weighted by Crippen LogP contribution is -2.46. The summed E-state index contributed by atoms with van der Waals surface area (Å²) in [5.41, 5.74) is 5.45. The van der Waals surface area contributed by atoms with Crippen molar-refractivity contribution in [2.45, 2.75) is 32.4 Å². The lowest BCUT2D eigenvalue weighted by Gasteiger charge is -2.27. The standard InChI is InChI=1S/C10H23NO5Si/c1-9(16-10(2)12)8-15-17(13-3,14-4)7-5-6-11/h9H,5-8,11H2,1-4H3. The molecule has 0 radical (unpaired) electrons. The second-order valence-corrected chi connectivity index (χ2v) is 6.69. The monoisotopic (exact) mass is 265 g/mol. The molecule has 2 N–H and O–H groups in total. The molecule has 0 heterocycles. The number of nitrogens with two attached hydrogens (primary N) is 1. The zero-order chi connectivity index (χ0) is 13.3. The van der Waals surface area contributed by atoms with Crippen LogP contribution in [-0.2, 0) is 22.8 Å². The Morgan fingerprint density at radius 1 is 1.35 bits per heavy atom. The second-order valence-electron chi connectivity index (χ2n) is 3.71. The van der Waals surface area contributed by atoms with Crippen molar-refractivity contribution in [3.05, 3.63) is 0 Å². The fraction of sp³-hybridized carbons (Fsp3) is 0.900. The first-order valence-corrected chi connectivity index (χ1v) is 7.54. The molecule has 0 aliphatic heterocycles. The molecule has 0 fully saturated rings. The fourth-order valence-electron chi connectivity index (χ4n) is 1.36. The zero-order valence-corrected chi connectivity index (χ0v) is 12.0. The van der Waals surface area contributed by atoms with Crippen molar-refractivity contribution in [2.75, 3.05) is 27.4 Å². The van der Waals surface area contributed by atoms with Gasteiger partial charge in [-0.3, -0.25) is 4.79 Å². The maximum Gasteiger partial charge on any atom is 0.500 e. The topological polar surface area (TPSA) is 80.0 Å². The SMILES string of the molecule is CO[Si](CCCN)(OC)OCC(C)OC(C)=O. The van der Waals surface area contributed by atoms with Crippen LogP contribution in [0.1, 0.15) is 20.3 Å². The van der Waals surface area contributed by atoms with Gasteiger partial charge in [0.25, 0.3) is 0 Å².